The van der Waals surface area contributed by atoms with Crippen LogP contribution >= 0.6 is 0 Å². The van der Waals surface area contributed by atoms with E-state index in [0.717, 1.165) is 51.2 Å². The van der Waals surface area contributed by atoms with Crippen LogP contribution in [0.25, 0.3) is 0 Å². The smallest absolute Gasteiger partial charge is 0.308 e. The molecule has 4 heteroatoms. The molecule has 0 spiro atoms. The normalized spacial score (nSPS) is 11.8. The van der Waals surface area contributed by atoms with Gasteiger partial charge in [-0.05, 0) is 51.1 Å². The van der Waals surface area contributed by atoms with Crippen LogP contribution in [-0.2, 0) is 9.53 Å². The number of hydrogen-bond donors (Lipinski definition) is 1. The van der Waals surface area contributed by atoms with Gasteiger partial charge in [0.2, 0.25) is 0 Å². The molecule has 0 aliphatic carbocycles. The second kappa shape index (κ2) is 31.3. The van der Waals surface area contributed by atoms with Gasteiger partial charge in [0.1, 0.15) is 0 Å². The van der Waals surface area contributed by atoms with Gasteiger partial charge in [-0.3, -0.25) is 4.79 Å². The van der Waals surface area contributed by atoms with Crippen LogP contribution < -0.4 is 0 Å². The van der Waals surface area contributed by atoms with Crippen molar-refractivity contribution < 1.29 is 14.6 Å². The molecule has 0 saturated heterocycles. The zero-order chi connectivity index (χ0) is 29.5. The summed E-state index contributed by atoms with van der Waals surface area (Å²) in [5.41, 5.74) is 0. The van der Waals surface area contributed by atoms with E-state index in [-0.39, 0.29) is 18.5 Å². The van der Waals surface area contributed by atoms with Gasteiger partial charge in [0, 0.05) is 6.54 Å². The molecule has 0 amide bonds. The van der Waals surface area contributed by atoms with Crippen LogP contribution in [0.4, 0.5) is 0 Å². The Morgan fingerprint density at radius 2 is 1.00 bits per heavy atom. The van der Waals surface area contributed by atoms with Crippen LogP contribution in [0.2, 0.25) is 0 Å². The van der Waals surface area contributed by atoms with Crippen molar-refractivity contribution in [1.82, 2.24) is 4.90 Å². The number of rotatable bonds is 32. The lowest BCUT2D eigenvalue weighted by molar-refractivity contribution is -0.149. The van der Waals surface area contributed by atoms with E-state index in [4.69, 9.17) is 4.74 Å². The molecular weight excluding hydrogens is 494 g/mol. The standard InChI is InChI=1S/C36H73NO3/c1-5-7-9-11-14-21-27-35(28-22-15-12-10-8-6-2)36(39)40-33-25-19-13-17-23-29-37(31-32-38)30-24-18-16-20-26-34(3)4/h34-35,38H,5-33H2,1-4H3. The number of nitrogens with zero attached hydrogens (tertiary/aromatic N) is 1. The van der Waals surface area contributed by atoms with Gasteiger partial charge in [0.25, 0.3) is 0 Å². The quantitative estimate of drug-likeness (QED) is 0.0649. The Morgan fingerprint density at radius 1 is 0.575 bits per heavy atom. The monoisotopic (exact) mass is 568 g/mol. The molecule has 0 aromatic heterocycles. The third-order valence-electron chi connectivity index (χ3n) is 8.43. The Balaban J connectivity index is 4.04. The summed E-state index contributed by atoms with van der Waals surface area (Å²) < 4.78 is 5.78. The largest absolute Gasteiger partial charge is 0.465 e. The van der Waals surface area contributed by atoms with Gasteiger partial charge < -0.3 is 14.7 Å². The van der Waals surface area contributed by atoms with Crippen molar-refractivity contribution in [3.05, 3.63) is 0 Å². The van der Waals surface area contributed by atoms with Gasteiger partial charge in [-0.2, -0.15) is 0 Å². The van der Waals surface area contributed by atoms with Crippen LogP contribution in [0, 0.1) is 11.8 Å². The lowest BCUT2D eigenvalue weighted by atomic mass is 9.94. The van der Waals surface area contributed by atoms with E-state index in [2.05, 4.69) is 32.6 Å². The van der Waals surface area contributed by atoms with Crippen molar-refractivity contribution in [3.8, 4) is 0 Å². The lowest BCUT2D eigenvalue weighted by Gasteiger charge is -2.21. The Morgan fingerprint density at radius 3 is 1.48 bits per heavy atom. The first-order chi connectivity index (χ1) is 19.5. The Labute approximate surface area is 251 Å². The van der Waals surface area contributed by atoms with E-state index in [1.165, 1.54) is 128 Å². The van der Waals surface area contributed by atoms with Crippen LogP contribution in [0.3, 0.4) is 0 Å². The van der Waals surface area contributed by atoms with Crippen molar-refractivity contribution >= 4 is 5.97 Å². The maximum absolute atomic E-state index is 12.9. The Bertz CT molecular complexity index is 494. The lowest BCUT2D eigenvalue weighted by Crippen LogP contribution is -2.29. The molecule has 0 aliphatic rings. The third-order valence-corrected chi connectivity index (χ3v) is 8.43. The van der Waals surface area contributed by atoms with E-state index in [1.54, 1.807) is 0 Å². The first-order valence-corrected chi connectivity index (χ1v) is 18.0. The number of esters is 1. The van der Waals surface area contributed by atoms with Crippen LogP contribution in [0.15, 0.2) is 0 Å². The zero-order valence-corrected chi connectivity index (χ0v) is 27.9. The second-order valence-corrected chi connectivity index (χ2v) is 12.9. The number of hydrogen-bond acceptors (Lipinski definition) is 4. The maximum Gasteiger partial charge on any atom is 0.308 e. The SMILES string of the molecule is CCCCCCCCC(CCCCCCCC)C(=O)OCCCCCCCN(CCO)CCCCCCC(C)C. The van der Waals surface area contributed by atoms with E-state index >= 15 is 0 Å². The maximum atomic E-state index is 12.9. The van der Waals surface area contributed by atoms with Crippen molar-refractivity contribution in [1.29, 1.82) is 0 Å². The van der Waals surface area contributed by atoms with Crippen LogP contribution in [0.5, 0.6) is 0 Å². The van der Waals surface area contributed by atoms with Crippen molar-refractivity contribution in [2.75, 3.05) is 32.8 Å². The van der Waals surface area contributed by atoms with Gasteiger partial charge in [-0.15, -0.1) is 0 Å². The molecule has 40 heavy (non-hydrogen) atoms. The van der Waals surface area contributed by atoms with Gasteiger partial charge in [0.15, 0.2) is 0 Å². The molecule has 0 unspecified atom stereocenters. The summed E-state index contributed by atoms with van der Waals surface area (Å²) in [6, 6.07) is 0. The minimum atomic E-state index is 0.0750. The molecule has 0 bridgehead atoms. The van der Waals surface area contributed by atoms with Crippen LogP contribution in [0.1, 0.15) is 182 Å². The molecular formula is C36H73NO3. The molecule has 0 aromatic rings. The van der Waals surface area contributed by atoms with Gasteiger partial charge in [0.05, 0.1) is 19.1 Å². The number of carbonyl (C=O) groups is 1. The minimum Gasteiger partial charge on any atom is -0.465 e. The molecule has 4 nitrogen and oxygen atoms in total. The van der Waals surface area contributed by atoms with Crippen molar-refractivity contribution in [2.45, 2.75) is 182 Å². The Kier molecular flexibility index (Phi) is 30.9. The van der Waals surface area contributed by atoms with Gasteiger partial charge >= 0.3 is 5.97 Å². The summed E-state index contributed by atoms with van der Waals surface area (Å²) in [5, 5.41) is 9.42. The summed E-state index contributed by atoms with van der Waals surface area (Å²) in [6.45, 7) is 13.0. The van der Waals surface area contributed by atoms with Gasteiger partial charge in [-0.1, -0.05) is 150 Å². The number of aliphatic hydroxyl groups is 1. The second-order valence-electron chi connectivity index (χ2n) is 12.9. The van der Waals surface area contributed by atoms with Crippen molar-refractivity contribution in [3.63, 3.8) is 0 Å². The topological polar surface area (TPSA) is 49.8 Å². The molecule has 240 valence electrons. The van der Waals surface area contributed by atoms with E-state index in [9.17, 15) is 9.90 Å². The highest BCUT2D eigenvalue weighted by Gasteiger charge is 2.19. The molecule has 0 heterocycles. The molecule has 1 N–H and O–H groups in total. The highest BCUT2D eigenvalue weighted by atomic mass is 16.5. The van der Waals surface area contributed by atoms with E-state index < -0.39 is 0 Å². The summed E-state index contributed by atoms with van der Waals surface area (Å²) in [4.78, 5) is 15.3. The minimum absolute atomic E-state index is 0.0750. The molecule has 0 aromatic carbocycles. The zero-order valence-electron chi connectivity index (χ0n) is 27.9. The predicted octanol–water partition coefficient (Wildman–Crippen LogP) is 10.5. The summed E-state index contributed by atoms with van der Waals surface area (Å²) in [5.74, 6) is 1.01. The molecule has 0 aliphatic heterocycles. The fourth-order valence-electron chi connectivity index (χ4n) is 5.70. The van der Waals surface area contributed by atoms with E-state index in [1.807, 2.05) is 0 Å². The van der Waals surface area contributed by atoms with Crippen molar-refractivity contribution in [2.24, 2.45) is 11.8 Å². The number of ether oxygens (including phenoxy) is 1. The summed E-state index contributed by atoms with van der Waals surface area (Å²) in [7, 11) is 0. The first kappa shape index (κ1) is 39.4. The third kappa shape index (κ3) is 27.6. The highest BCUT2D eigenvalue weighted by Crippen LogP contribution is 2.21. The fourth-order valence-corrected chi connectivity index (χ4v) is 5.70. The average molecular weight is 568 g/mol. The molecule has 0 atom stereocenters. The van der Waals surface area contributed by atoms with Gasteiger partial charge in [-0.25, -0.2) is 0 Å². The molecule has 0 fully saturated rings. The fraction of sp³-hybridized carbons (Fsp3) is 0.972. The molecule has 0 saturated carbocycles. The highest BCUT2D eigenvalue weighted by molar-refractivity contribution is 5.72. The number of aliphatic hydroxyl groups excluding tert-OH is 1. The average Bonchev–Trinajstić information content (AvgIpc) is 2.94. The number of unbranched alkanes of at least 4 members (excludes halogenated alkanes) is 17. The molecule has 0 radical (unpaired) electrons. The number of carbonyl (C=O) groups excluding carboxylic acids is 1. The summed E-state index contributed by atoms with van der Waals surface area (Å²) >= 11 is 0. The van der Waals surface area contributed by atoms with Crippen LogP contribution in [-0.4, -0.2) is 48.8 Å². The van der Waals surface area contributed by atoms with E-state index in [0.29, 0.717) is 6.61 Å². The first-order valence-electron chi connectivity index (χ1n) is 18.0. The predicted molar refractivity (Wildman–Crippen MR) is 175 cm³/mol. The summed E-state index contributed by atoms with van der Waals surface area (Å²) in [6.07, 6.45) is 29.8. The molecule has 0 rings (SSSR count). The Hall–Kier alpha value is -0.610.